The Morgan fingerprint density at radius 2 is 1.55 bits per heavy atom. The summed E-state index contributed by atoms with van der Waals surface area (Å²) in [6, 6.07) is 25.4. The largest absolute Gasteiger partial charge is 0.444 e. The molecule has 49 heavy (non-hydrogen) atoms. The monoisotopic (exact) mass is 675 g/mol. The van der Waals surface area contributed by atoms with Crippen LogP contribution in [-0.2, 0) is 14.8 Å². The van der Waals surface area contributed by atoms with Crippen molar-refractivity contribution in [3.63, 3.8) is 0 Å². The normalized spacial score (nSPS) is 11.6. The van der Waals surface area contributed by atoms with Crippen LogP contribution in [0.3, 0.4) is 0 Å². The summed E-state index contributed by atoms with van der Waals surface area (Å²) in [6.45, 7) is 7.27. The molecule has 0 spiro atoms. The standard InChI is InChI=1S/C36H33N7O5S/c1-23-10-13-28(40-34(44)24-11-14-27(15-12-24)41-35(45)48-36(2,3)4)19-30(23)42-32-20-31(38-22-39-32)26-18-25-16-17-43(33(25)37-21-26)49(46,47)29-8-6-5-7-9-29/h5-22H,1-4H3,(H,40,44)(H,41,45)(H,38,39,42). The number of hydrogen-bond acceptors (Lipinski definition) is 9. The van der Waals surface area contributed by atoms with Crippen LogP contribution in [0.1, 0.15) is 36.7 Å². The van der Waals surface area contributed by atoms with Crippen LogP contribution >= 0.6 is 0 Å². The lowest BCUT2D eigenvalue weighted by molar-refractivity contribution is 0.0635. The zero-order valence-corrected chi connectivity index (χ0v) is 27.9. The first-order chi connectivity index (χ1) is 23.4. The van der Waals surface area contributed by atoms with Crippen LogP contribution in [0.5, 0.6) is 0 Å². The van der Waals surface area contributed by atoms with Gasteiger partial charge in [0, 0.05) is 52.0 Å². The van der Waals surface area contributed by atoms with Gasteiger partial charge >= 0.3 is 6.09 Å². The van der Waals surface area contributed by atoms with Gasteiger partial charge in [0.15, 0.2) is 5.65 Å². The van der Waals surface area contributed by atoms with Crippen LogP contribution in [0, 0.1) is 6.92 Å². The van der Waals surface area contributed by atoms with E-state index in [9.17, 15) is 18.0 Å². The fraction of sp³-hybridized carbons (Fsp3) is 0.139. The Morgan fingerprint density at radius 3 is 2.29 bits per heavy atom. The number of benzene rings is 3. The minimum Gasteiger partial charge on any atom is -0.444 e. The molecule has 0 saturated heterocycles. The zero-order chi connectivity index (χ0) is 34.8. The molecule has 0 bridgehead atoms. The van der Waals surface area contributed by atoms with Gasteiger partial charge in [-0.25, -0.2) is 32.1 Å². The van der Waals surface area contributed by atoms with E-state index in [-0.39, 0.29) is 10.8 Å². The summed E-state index contributed by atoms with van der Waals surface area (Å²) < 4.78 is 32.8. The van der Waals surface area contributed by atoms with Gasteiger partial charge < -0.3 is 15.4 Å². The molecule has 0 atom stereocenters. The highest BCUT2D eigenvalue weighted by Crippen LogP contribution is 2.28. The van der Waals surface area contributed by atoms with E-state index in [1.807, 2.05) is 19.1 Å². The molecule has 0 fully saturated rings. The van der Waals surface area contributed by atoms with Crippen LogP contribution in [0.15, 0.2) is 115 Å². The van der Waals surface area contributed by atoms with E-state index in [0.29, 0.717) is 45.0 Å². The average Bonchev–Trinajstić information content (AvgIpc) is 3.51. The number of pyridine rings is 1. The van der Waals surface area contributed by atoms with Crippen molar-refractivity contribution in [2.45, 2.75) is 38.2 Å². The lowest BCUT2D eigenvalue weighted by atomic mass is 10.1. The van der Waals surface area contributed by atoms with Crippen molar-refractivity contribution in [2.75, 3.05) is 16.0 Å². The zero-order valence-electron chi connectivity index (χ0n) is 27.1. The molecule has 3 aromatic carbocycles. The first-order valence-electron chi connectivity index (χ1n) is 15.2. The maximum absolute atomic E-state index is 13.2. The van der Waals surface area contributed by atoms with Gasteiger partial charge in [-0.15, -0.1) is 0 Å². The van der Waals surface area contributed by atoms with Crippen molar-refractivity contribution in [2.24, 2.45) is 0 Å². The Hall–Kier alpha value is -6.08. The molecular weight excluding hydrogens is 643 g/mol. The molecule has 12 nitrogen and oxygen atoms in total. The van der Waals surface area contributed by atoms with E-state index in [1.54, 1.807) is 106 Å². The van der Waals surface area contributed by atoms with Crippen molar-refractivity contribution in [1.82, 2.24) is 18.9 Å². The summed E-state index contributed by atoms with van der Waals surface area (Å²) in [5.41, 5.74) is 4.05. The van der Waals surface area contributed by atoms with Gasteiger partial charge in [0.2, 0.25) is 0 Å². The third kappa shape index (κ3) is 7.57. The topological polar surface area (TPSA) is 157 Å². The number of carbonyl (C=O) groups excluding carboxylic acids is 2. The number of anilines is 4. The number of aryl methyl sites for hydroxylation is 1. The predicted octanol–water partition coefficient (Wildman–Crippen LogP) is 7.38. The fourth-order valence-electron chi connectivity index (χ4n) is 4.93. The Bertz CT molecular complexity index is 2280. The molecule has 0 aliphatic rings. The molecule has 6 aromatic rings. The van der Waals surface area contributed by atoms with Crippen molar-refractivity contribution >= 4 is 55.9 Å². The van der Waals surface area contributed by atoms with Gasteiger partial charge in [-0.2, -0.15) is 0 Å². The first-order valence-corrected chi connectivity index (χ1v) is 16.7. The van der Waals surface area contributed by atoms with Gasteiger partial charge in [-0.3, -0.25) is 10.1 Å². The van der Waals surface area contributed by atoms with Crippen LogP contribution in [0.4, 0.5) is 27.7 Å². The molecule has 0 aliphatic carbocycles. The molecule has 0 aliphatic heterocycles. The van der Waals surface area contributed by atoms with E-state index in [0.717, 1.165) is 11.3 Å². The third-order valence-corrected chi connectivity index (χ3v) is 8.99. The van der Waals surface area contributed by atoms with Crippen LogP contribution < -0.4 is 16.0 Å². The van der Waals surface area contributed by atoms with Crippen molar-refractivity contribution in [1.29, 1.82) is 0 Å². The molecular formula is C36H33N7O5S. The van der Waals surface area contributed by atoms with Crippen LogP contribution in [0.2, 0.25) is 0 Å². The summed E-state index contributed by atoms with van der Waals surface area (Å²) in [5.74, 6) is 0.185. The second-order valence-corrected chi connectivity index (χ2v) is 14.0. The van der Waals surface area contributed by atoms with Crippen molar-refractivity contribution in [3.05, 3.63) is 121 Å². The minimum absolute atomic E-state index is 0.173. The van der Waals surface area contributed by atoms with Crippen LogP contribution in [0.25, 0.3) is 22.3 Å². The Kier molecular flexibility index (Phi) is 8.85. The number of nitrogens with zero attached hydrogens (tertiary/aromatic N) is 4. The highest BCUT2D eigenvalue weighted by Gasteiger charge is 2.20. The Labute approximate surface area is 283 Å². The third-order valence-electron chi connectivity index (χ3n) is 7.31. The molecule has 6 rings (SSSR count). The summed E-state index contributed by atoms with van der Waals surface area (Å²) in [6.07, 6.45) is 3.91. The molecule has 3 aromatic heterocycles. The number of aromatic nitrogens is 4. The SMILES string of the molecule is Cc1ccc(NC(=O)c2ccc(NC(=O)OC(C)(C)C)cc2)cc1Nc1cc(-c2cnc3c(ccn3S(=O)(=O)c3ccccc3)c2)ncn1. The quantitative estimate of drug-likeness (QED) is 0.150. The van der Waals surface area contributed by atoms with E-state index < -0.39 is 21.7 Å². The predicted molar refractivity (Wildman–Crippen MR) is 188 cm³/mol. The van der Waals surface area contributed by atoms with E-state index in [2.05, 4.69) is 30.9 Å². The Morgan fingerprint density at radius 1 is 0.816 bits per heavy atom. The number of ether oxygens (including phenoxy) is 1. The number of fused-ring (bicyclic) bond motifs is 1. The summed E-state index contributed by atoms with van der Waals surface area (Å²) in [5, 5.41) is 9.49. The molecule has 13 heteroatoms. The number of rotatable bonds is 8. The van der Waals surface area contributed by atoms with Gasteiger partial charge in [0.05, 0.1) is 10.6 Å². The number of nitrogens with one attached hydrogen (secondary N) is 3. The highest BCUT2D eigenvalue weighted by atomic mass is 32.2. The van der Waals surface area contributed by atoms with E-state index in [1.165, 1.54) is 16.5 Å². The van der Waals surface area contributed by atoms with E-state index in [4.69, 9.17) is 4.74 Å². The first kappa shape index (κ1) is 32.8. The summed E-state index contributed by atoms with van der Waals surface area (Å²) in [4.78, 5) is 38.5. The van der Waals surface area contributed by atoms with Gasteiger partial charge in [0.25, 0.3) is 15.9 Å². The van der Waals surface area contributed by atoms with Crippen LogP contribution in [-0.4, -0.2) is 44.9 Å². The molecule has 0 radical (unpaired) electrons. The van der Waals surface area contributed by atoms with Gasteiger partial charge in [-0.05, 0) is 93.9 Å². The average molecular weight is 676 g/mol. The lowest BCUT2D eigenvalue weighted by Crippen LogP contribution is -2.27. The second kappa shape index (κ2) is 13.2. The van der Waals surface area contributed by atoms with E-state index >= 15 is 0 Å². The van der Waals surface area contributed by atoms with Crippen molar-refractivity contribution < 1.29 is 22.7 Å². The minimum atomic E-state index is -3.81. The lowest BCUT2D eigenvalue weighted by Gasteiger charge is -2.19. The molecule has 248 valence electrons. The summed E-state index contributed by atoms with van der Waals surface area (Å²) in [7, 11) is -3.81. The number of amides is 2. The van der Waals surface area contributed by atoms with Gasteiger partial charge in [0.1, 0.15) is 17.7 Å². The Balaban J connectivity index is 1.15. The fourth-order valence-corrected chi connectivity index (χ4v) is 6.26. The molecule has 0 unspecified atom stereocenters. The smallest absolute Gasteiger partial charge is 0.412 e. The molecule has 3 heterocycles. The van der Waals surface area contributed by atoms with Gasteiger partial charge in [-0.1, -0.05) is 24.3 Å². The molecule has 2 amide bonds. The number of hydrogen-bond donors (Lipinski definition) is 3. The number of carbonyl (C=O) groups is 2. The summed E-state index contributed by atoms with van der Waals surface area (Å²) >= 11 is 0. The maximum Gasteiger partial charge on any atom is 0.412 e. The highest BCUT2D eigenvalue weighted by molar-refractivity contribution is 7.90. The molecule has 0 saturated carbocycles. The second-order valence-electron chi connectivity index (χ2n) is 12.2. The van der Waals surface area contributed by atoms with Crippen molar-refractivity contribution in [3.8, 4) is 11.3 Å². The molecule has 3 N–H and O–H groups in total. The maximum atomic E-state index is 13.2.